The van der Waals surface area contributed by atoms with E-state index >= 15 is 0 Å². The van der Waals surface area contributed by atoms with E-state index in [4.69, 9.17) is 17.0 Å². The molecule has 0 N–H and O–H groups in total. The Balaban J connectivity index is 2.24. The molecule has 0 unspecified atom stereocenters. The second kappa shape index (κ2) is 5.16. The zero-order valence-corrected chi connectivity index (χ0v) is 11.2. The monoisotopic (exact) mass is 277 g/mol. The first-order valence-corrected chi connectivity index (χ1v) is 6.42. The maximum absolute atomic E-state index is 9.26. The lowest BCUT2D eigenvalue weighted by atomic mass is 10.0. The van der Waals surface area contributed by atoms with Crippen LogP contribution in [0.2, 0.25) is 0 Å². The van der Waals surface area contributed by atoms with Crippen LogP contribution in [0.15, 0.2) is 64.2 Å². The summed E-state index contributed by atoms with van der Waals surface area (Å²) in [6.07, 6.45) is 1.57. The molecule has 0 amide bonds. The van der Waals surface area contributed by atoms with Gasteiger partial charge in [-0.2, -0.15) is 5.26 Å². The van der Waals surface area contributed by atoms with Gasteiger partial charge < -0.3 is 17.0 Å². The normalized spacial score (nSPS) is 10.2. The fourth-order valence-electron chi connectivity index (χ4n) is 2.01. The molecule has 0 spiro atoms. The maximum Gasteiger partial charge on any atom is 0.135 e. The second-order valence-electron chi connectivity index (χ2n) is 4.19. The third-order valence-corrected chi connectivity index (χ3v) is 3.25. The molecule has 96 valence electrons. The highest BCUT2D eigenvalue weighted by Gasteiger charge is 2.11. The molecule has 0 radical (unpaired) electrons. The van der Waals surface area contributed by atoms with Crippen molar-refractivity contribution in [3.8, 4) is 28.7 Å². The Morgan fingerprint density at radius 1 is 1.10 bits per heavy atom. The predicted octanol–water partition coefficient (Wildman–Crippen LogP) is 3.79. The summed E-state index contributed by atoms with van der Waals surface area (Å²) in [6, 6.07) is 17.2. The Morgan fingerprint density at radius 3 is 2.55 bits per heavy atom. The summed E-state index contributed by atoms with van der Waals surface area (Å²) in [5.41, 5.74) is 2.74. The number of nitrogens with zero attached hydrogens (tertiary/aromatic N) is 2. The zero-order chi connectivity index (χ0) is 13.9. The zero-order valence-electron chi connectivity index (χ0n) is 10.4. The summed E-state index contributed by atoms with van der Waals surface area (Å²) in [4.78, 5) is 4.34. The van der Waals surface area contributed by atoms with E-state index in [0.717, 1.165) is 11.3 Å². The van der Waals surface area contributed by atoms with Gasteiger partial charge >= 0.3 is 0 Å². The highest BCUT2D eigenvalue weighted by molar-refractivity contribution is 7.58. The van der Waals surface area contributed by atoms with Crippen molar-refractivity contribution in [3.63, 3.8) is 0 Å². The largest absolute Gasteiger partial charge is 0.759 e. The van der Waals surface area contributed by atoms with Crippen LogP contribution in [-0.2, 0) is 12.6 Å². The van der Waals surface area contributed by atoms with Crippen molar-refractivity contribution in [2.45, 2.75) is 5.03 Å². The van der Waals surface area contributed by atoms with Crippen LogP contribution in [0.3, 0.4) is 0 Å². The summed E-state index contributed by atoms with van der Waals surface area (Å²) in [7, 11) is 0. The molecule has 3 nitrogen and oxygen atoms in total. The van der Waals surface area contributed by atoms with Crippen LogP contribution in [-0.4, -0.2) is 4.98 Å². The SMILES string of the molecule is N#Cc1c(-c2ccco2)cc(-c2ccccc2)nc1[S-]. The number of benzene rings is 1. The molecule has 3 aromatic rings. The maximum atomic E-state index is 9.26. The Labute approximate surface area is 121 Å². The fraction of sp³-hybridized carbons (Fsp3) is 0. The highest BCUT2D eigenvalue weighted by atomic mass is 32.1. The van der Waals surface area contributed by atoms with Gasteiger partial charge in [0.15, 0.2) is 0 Å². The molecule has 4 heteroatoms. The molecule has 1 aromatic carbocycles. The molecule has 2 heterocycles. The summed E-state index contributed by atoms with van der Waals surface area (Å²) in [5.74, 6) is 0.618. The van der Waals surface area contributed by atoms with Crippen molar-refractivity contribution >= 4 is 12.6 Å². The van der Waals surface area contributed by atoms with E-state index in [9.17, 15) is 5.26 Å². The molecule has 0 aliphatic heterocycles. The van der Waals surface area contributed by atoms with E-state index < -0.39 is 0 Å². The lowest BCUT2D eigenvalue weighted by Gasteiger charge is -2.14. The lowest BCUT2D eigenvalue weighted by Crippen LogP contribution is -1.94. The summed E-state index contributed by atoms with van der Waals surface area (Å²) >= 11 is 5.22. The van der Waals surface area contributed by atoms with Gasteiger partial charge in [0.1, 0.15) is 5.76 Å². The van der Waals surface area contributed by atoms with Crippen molar-refractivity contribution < 1.29 is 4.42 Å². The Morgan fingerprint density at radius 2 is 1.90 bits per heavy atom. The average Bonchev–Trinajstić information content (AvgIpc) is 3.01. The van der Waals surface area contributed by atoms with E-state index in [1.54, 1.807) is 18.4 Å². The average molecular weight is 277 g/mol. The van der Waals surface area contributed by atoms with Gasteiger partial charge in [-0.25, -0.2) is 0 Å². The molecule has 0 atom stereocenters. The third-order valence-electron chi connectivity index (χ3n) is 2.95. The van der Waals surface area contributed by atoms with Crippen molar-refractivity contribution in [1.29, 1.82) is 5.26 Å². The molecule has 0 saturated heterocycles. The van der Waals surface area contributed by atoms with Gasteiger partial charge in [0.25, 0.3) is 0 Å². The number of nitriles is 1. The molecule has 0 fully saturated rings. The topological polar surface area (TPSA) is 49.8 Å². The Bertz CT molecular complexity index is 774. The molecule has 20 heavy (non-hydrogen) atoms. The lowest BCUT2D eigenvalue weighted by molar-refractivity contribution is 0.582. The van der Waals surface area contributed by atoms with Gasteiger partial charge in [-0.1, -0.05) is 35.4 Å². The smallest absolute Gasteiger partial charge is 0.135 e. The summed E-state index contributed by atoms with van der Waals surface area (Å²) < 4.78 is 5.38. The van der Waals surface area contributed by atoms with E-state index in [2.05, 4.69) is 11.1 Å². The number of pyridine rings is 1. The first-order valence-electron chi connectivity index (χ1n) is 6.01. The Kier molecular flexibility index (Phi) is 3.20. The van der Waals surface area contributed by atoms with Crippen LogP contribution in [0.1, 0.15) is 5.56 Å². The van der Waals surface area contributed by atoms with Gasteiger partial charge in [0.2, 0.25) is 0 Å². The molecular formula is C16H9N2OS-. The van der Waals surface area contributed by atoms with Crippen molar-refractivity contribution in [2.75, 3.05) is 0 Å². The van der Waals surface area contributed by atoms with Crippen LogP contribution < -0.4 is 0 Å². The molecule has 2 aromatic heterocycles. The van der Waals surface area contributed by atoms with Crippen molar-refractivity contribution in [2.24, 2.45) is 0 Å². The van der Waals surface area contributed by atoms with Crippen LogP contribution in [0.5, 0.6) is 0 Å². The second-order valence-corrected chi connectivity index (χ2v) is 4.58. The number of rotatable bonds is 2. The highest BCUT2D eigenvalue weighted by Crippen LogP contribution is 2.30. The van der Waals surface area contributed by atoms with Crippen LogP contribution in [0, 0.1) is 11.3 Å². The quantitative estimate of drug-likeness (QED) is 0.669. The minimum atomic E-state index is 0.292. The number of hydrogen-bond donors (Lipinski definition) is 0. The third kappa shape index (κ3) is 2.15. The van der Waals surface area contributed by atoms with E-state index in [1.165, 1.54) is 0 Å². The first-order chi connectivity index (χ1) is 9.79. The van der Waals surface area contributed by atoms with Crippen LogP contribution in [0.25, 0.3) is 22.6 Å². The van der Waals surface area contributed by atoms with E-state index in [-0.39, 0.29) is 0 Å². The van der Waals surface area contributed by atoms with Gasteiger partial charge in [0.05, 0.1) is 23.6 Å². The molecule has 0 aliphatic rings. The Hall–Kier alpha value is -2.64. The van der Waals surface area contributed by atoms with Gasteiger partial charge in [-0.05, 0) is 18.2 Å². The number of aromatic nitrogens is 1. The van der Waals surface area contributed by atoms with Gasteiger partial charge in [-0.15, -0.1) is 0 Å². The van der Waals surface area contributed by atoms with Crippen LogP contribution in [0.4, 0.5) is 0 Å². The molecule has 3 rings (SSSR count). The van der Waals surface area contributed by atoms with Gasteiger partial charge in [0, 0.05) is 11.1 Å². The standard InChI is InChI=1S/C16H10N2OS/c17-10-13-12(15-7-4-8-19-15)9-14(18-16(13)20)11-5-2-1-3-6-11/h1-9H,(H,18,20)/p-1. The van der Waals surface area contributed by atoms with Crippen molar-refractivity contribution in [1.82, 2.24) is 4.98 Å². The molecular weight excluding hydrogens is 268 g/mol. The van der Waals surface area contributed by atoms with Gasteiger partial charge in [-0.3, -0.25) is 4.98 Å². The minimum Gasteiger partial charge on any atom is -0.759 e. The van der Waals surface area contributed by atoms with E-state index in [1.807, 2.05) is 36.4 Å². The van der Waals surface area contributed by atoms with Crippen molar-refractivity contribution in [3.05, 3.63) is 60.4 Å². The summed E-state index contributed by atoms with van der Waals surface area (Å²) in [6.45, 7) is 0. The number of furan rings is 1. The predicted molar refractivity (Wildman–Crippen MR) is 77.7 cm³/mol. The molecule has 0 aliphatic carbocycles. The first kappa shape index (κ1) is 12.4. The molecule has 0 bridgehead atoms. The minimum absolute atomic E-state index is 0.292. The molecule has 0 saturated carbocycles. The number of hydrogen-bond acceptors (Lipinski definition) is 4. The van der Waals surface area contributed by atoms with E-state index in [0.29, 0.717) is 21.9 Å². The summed E-state index contributed by atoms with van der Waals surface area (Å²) in [5, 5.41) is 9.55. The van der Waals surface area contributed by atoms with Crippen LogP contribution >= 0.6 is 0 Å². The fourth-order valence-corrected chi connectivity index (χ4v) is 2.27.